The Labute approximate surface area is 131 Å². The van der Waals surface area contributed by atoms with Crippen LogP contribution in [0.2, 0.25) is 0 Å². The Hall–Kier alpha value is -1.81. The first-order chi connectivity index (χ1) is 10.3. The van der Waals surface area contributed by atoms with E-state index in [-0.39, 0.29) is 11.8 Å². The molecule has 1 aliphatic heterocycles. The molecule has 3 rings (SSSR count). The van der Waals surface area contributed by atoms with Crippen LogP contribution in [0.15, 0.2) is 24.3 Å². The van der Waals surface area contributed by atoms with E-state index in [0.29, 0.717) is 6.54 Å². The van der Waals surface area contributed by atoms with Crippen molar-refractivity contribution in [3.8, 4) is 0 Å². The molecule has 0 saturated heterocycles. The van der Waals surface area contributed by atoms with Gasteiger partial charge in [-0.1, -0.05) is 26.8 Å². The highest BCUT2D eigenvalue weighted by molar-refractivity contribution is 5.82. The first-order valence-corrected chi connectivity index (χ1v) is 7.91. The van der Waals surface area contributed by atoms with E-state index >= 15 is 0 Å². The van der Waals surface area contributed by atoms with Crippen molar-refractivity contribution in [1.82, 2.24) is 9.47 Å². The van der Waals surface area contributed by atoms with Gasteiger partial charge in [-0.25, -0.2) is 0 Å². The van der Waals surface area contributed by atoms with Crippen LogP contribution >= 0.6 is 0 Å². The Balaban J connectivity index is 1.88. The maximum Gasteiger partial charge on any atom is 0.304 e. The average Bonchev–Trinajstić information content (AvgIpc) is 2.80. The van der Waals surface area contributed by atoms with E-state index in [1.165, 1.54) is 22.2 Å². The number of rotatable bonds is 3. The van der Waals surface area contributed by atoms with E-state index in [0.717, 1.165) is 19.6 Å². The first-order valence-electron chi connectivity index (χ1n) is 7.91. The van der Waals surface area contributed by atoms with Gasteiger partial charge in [-0.2, -0.15) is 0 Å². The van der Waals surface area contributed by atoms with Crippen molar-refractivity contribution in [2.45, 2.75) is 45.7 Å². The van der Waals surface area contributed by atoms with E-state index in [4.69, 9.17) is 5.11 Å². The third kappa shape index (κ3) is 2.88. The topological polar surface area (TPSA) is 45.5 Å². The molecule has 0 amide bonds. The molecule has 0 fully saturated rings. The largest absolute Gasteiger partial charge is 0.481 e. The molecule has 0 aliphatic carbocycles. The van der Waals surface area contributed by atoms with Gasteiger partial charge in [0.05, 0.1) is 6.42 Å². The molecule has 4 nitrogen and oxygen atoms in total. The van der Waals surface area contributed by atoms with Crippen LogP contribution in [-0.4, -0.2) is 33.6 Å². The van der Waals surface area contributed by atoms with Crippen molar-refractivity contribution < 1.29 is 9.90 Å². The van der Waals surface area contributed by atoms with Gasteiger partial charge in [-0.3, -0.25) is 9.69 Å². The number of fused-ring (bicyclic) bond motifs is 3. The van der Waals surface area contributed by atoms with Crippen LogP contribution in [0.25, 0.3) is 10.9 Å². The maximum atomic E-state index is 10.7. The van der Waals surface area contributed by atoms with Crippen LogP contribution in [-0.2, 0) is 23.3 Å². The van der Waals surface area contributed by atoms with Crippen LogP contribution in [0.4, 0.5) is 0 Å². The van der Waals surface area contributed by atoms with Gasteiger partial charge >= 0.3 is 5.97 Å². The Kier molecular flexibility index (Phi) is 3.73. The molecule has 0 radical (unpaired) electrons. The highest BCUT2D eigenvalue weighted by Gasteiger charge is 2.20. The zero-order valence-corrected chi connectivity index (χ0v) is 13.6. The van der Waals surface area contributed by atoms with Crippen molar-refractivity contribution in [2.24, 2.45) is 0 Å². The molecular formula is C18H24N2O2. The van der Waals surface area contributed by atoms with E-state index < -0.39 is 5.97 Å². The second-order valence-electron chi connectivity index (χ2n) is 7.23. The summed E-state index contributed by atoms with van der Waals surface area (Å²) >= 11 is 0. The van der Waals surface area contributed by atoms with Crippen molar-refractivity contribution in [3.05, 3.63) is 35.5 Å². The number of aromatic nitrogens is 1. The molecule has 0 saturated carbocycles. The van der Waals surface area contributed by atoms with E-state index in [1.54, 1.807) is 0 Å². The number of carbonyl (C=O) groups is 1. The summed E-state index contributed by atoms with van der Waals surface area (Å²) < 4.78 is 2.37. The fraction of sp³-hybridized carbons (Fsp3) is 0.500. The molecule has 0 bridgehead atoms. The zero-order valence-electron chi connectivity index (χ0n) is 13.6. The SMILES string of the molecule is CC(C)(C)c1ccc2c(c1)cc1n2CCN(CCC(=O)O)C1. The second-order valence-corrected chi connectivity index (χ2v) is 7.23. The number of carboxylic acid groups (broad SMARTS) is 1. The molecule has 2 heterocycles. The van der Waals surface area contributed by atoms with E-state index in [2.05, 4.69) is 54.5 Å². The van der Waals surface area contributed by atoms with Gasteiger partial charge in [-0.05, 0) is 29.2 Å². The highest BCUT2D eigenvalue weighted by Crippen LogP contribution is 2.29. The molecule has 1 aromatic heterocycles. The summed E-state index contributed by atoms with van der Waals surface area (Å²) in [5.41, 5.74) is 4.09. The number of benzene rings is 1. The molecular weight excluding hydrogens is 276 g/mol. The van der Waals surface area contributed by atoms with Crippen LogP contribution in [0, 0.1) is 0 Å². The van der Waals surface area contributed by atoms with Crippen LogP contribution in [0.1, 0.15) is 38.4 Å². The van der Waals surface area contributed by atoms with Crippen molar-refractivity contribution in [2.75, 3.05) is 13.1 Å². The molecule has 118 valence electrons. The average molecular weight is 300 g/mol. The molecule has 2 aromatic rings. The normalized spacial score (nSPS) is 16.0. The Morgan fingerprint density at radius 3 is 2.68 bits per heavy atom. The Morgan fingerprint density at radius 2 is 2.00 bits per heavy atom. The molecule has 1 aromatic carbocycles. The third-order valence-corrected chi connectivity index (χ3v) is 4.52. The standard InChI is InChI=1S/C18H24N2O2/c1-18(2,3)14-4-5-16-13(10-14)11-15-12-19(7-6-17(21)22)8-9-20(15)16/h4-5,10-11H,6-9,12H2,1-3H3,(H,21,22). The summed E-state index contributed by atoms with van der Waals surface area (Å²) in [5, 5.41) is 10.1. The lowest BCUT2D eigenvalue weighted by Gasteiger charge is -2.28. The lowest BCUT2D eigenvalue weighted by molar-refractivity contribution is -0.137. The molecule has 4 heteroatoms. The lowest BCUT2D eigenvalue weighted by atomic mass is 9.86. The fourth-order valence-corrected chi connectivity index (χ4v) is 3.18. The molecule has 0 atom stereocenters. The van der Waals surface area contributed by atoms with Gasteiger partial charge < -0.3 is 9.67 Å². The summed E-state index contributed by atoms with van der Waals surface area (Å²) in [7, 11) is 0. The Bertz CT molecular complexity index is 710. The molecule has 1 N–H and O–H groups in total. The third-order valence-electron chi connectivity index (χ3n) is 4.52. The first kappa shape index (κ1) is 15.1. The molecule has 1 aliphatic rings. The zero-order chi connectivity index (χ0) is 15.9. The second kappa shape index (κ2) is 5.43. The molecule has 0 unspecified atom stereocenters. The molecule has 0 spiro atoms. The minimum atomic E-state index is -0.721. The predicted octanol–water partition coefficient (Wildman–Crippen LogP) is 3.23. The van der Waals surface area contributed by atoms with Crippen molar-refractivity contribution in [1.29, 1.82) is 0 Å². The summed E-state index contributed by atoms with van der Waals surface area (Å²) in [6.07, 6.45) is 0.217. The minimum Gasteiger partial charge on any atom is -0.481 e. The van der Waals surface area contributed by atoms with Gasteiger partial charge in [0.25, 0.3) is 0 Å². The Morgan fingerprint density at radius 1 is 1.23 bits per heavy atom. The quantitative estimate of drug-likeness (QED) is 0.946. The van der Waals surface area contributed by atoms with Gasteiger partial charge in [-0.15, -0.1) is 0 Å². The van der Waals surface area contributed by atoms with Gasteiger partial charge in [0.1, 0.15) is 0 Å². The smallest absolute Gasteiger partial charge is 0.304 e. The van der Waals surface area contributed by atoms with Crippen molar-refractivity contribution >= 4 is 16.9 Å². The number of nitrogens with zero attached hydrogens (tertiary/aromatic N) is 2. The number of hydrogen-bond donors (Lipinski definition) is 1. The summed E-state index contributed by atoms with van der Waals surface area (Å²) in [6, 6.07) is 9.01. The molecule has 22 heavy (non-hydrogen) atoms. The number of hydrogen-bond acceptors (Lipinski definition) is 2. The van der Waals surface area contributed by atoms with Gasteiger partial charge in [0.2, 0.25) is 0 Å². The van der Waals surface area contributed by atoms with Crippen LogP contribution in [0.3, 0.4) is 0 Å². The highest BCUT2D eigenvalue weighted by atomic mass is 16.4. The predicted molar refractivity (Wildman–Crippen MR) is 88.2 cm³/mol. The summed E-state index contributed by atoms with van der Waals surface area (Å²) in [6.45, 7) is 10.0. The number of carboxylic acids is 1. The number of aliphatic carboxylic acids is 1. The summed E-state index contributed by atoms with van der Waals surface area (Å²) in [4.78, 5) is 13.0. The monoisotopic (exact) mass is 300 g/mol. The van der Waals surface area contributed by atoms with Crippen molar-refractivity contribution in [3.63, 3.8) is 0 Å². The van der Waals surface area contributed by atoms with Crippen LogP contribution < -0.4 is 0 Å². The van der Waals surface area contributed by atoms with Crippen LogP contribution in [0.5, 0.6) is 0 Å². The fourth-order valence-electron chi connectivity index (χ4n) is 3.18. The van der Waals surface area contributed by atoms with Gasteiger partial charge in [0.15, 0.2) is 0 Å². The lowest BCUT2D eigenvalue weighted by Crippen LogP contribution is -2.34. The van der Waals surface area contributed by atoms with E-state index in [9.17, 15) is 4.79 Å². The maximum absolute atomic E-state index is 10.7. The van der Waals surface area contributed by atoms with Gasteiger partial charge in [0, 0.05) is 42.8 Å². The minimum absolute atomic E-state index is 0.157. The summed E-state index contributed by atoms with van der Waals surface area (Å²) in [5.74, 6) is -0.721. The van der Waals surface area contributed by atoms with E-state index in [1.807, 2.05) is 0 Å².